The monoisotopic (exact) mass is 289 g/mol. The fourth-order valence-electron chi connectivity index (χ4n) is 2.65. The lowest BCUT2D eigenvalue weighted by molar-refractivity contribution is -0.131. The summed E-state index contributed by atoms with van der Waals surface area (Å²) in [5.74, 6) is 0.244. The first-order valence-electron chi connectivity index (χ1n) is 7.91. The maximum Gasteiger partial charge on any atom is 0.222 e. The van der Waals surface area contributed by atoms with Crippen LogP contribution in [0.25, 0.3) is 0 Å². The minimum atomic E-state index is 0.244. The van der Waals surface area contributed by atoms with E-state index in [0.717, 1.165) is 45.8 Å². The molecule has 1 amide bonds. The maximum absolute atomic E-state index is 12.1. The Morgan fingerprint density at radius 2 is 1.81 bits per heavy atom. The van der Waals surface area contributed by atoms with Crippen LogP contribution >= 0.6 is 0 Å². The van der Waals surface area contributed by atoms with Crippen molar-refractivity contribution in [1.29, 1.82) is 0 Å². The minimum Gasteiger partial charge on any atom is -0.337 e. The van der Waals surface area contributed by atoms with Gasteiger partial charge in [-0.2, -0.15) is 0 Å². The van der Waals surface area contributed by atoms with Crippen molar-refractivity contribution in [3.63, 3.8) is 0 Å². The molecule has 21 heavy (non-hydrogen) atoms. The van der Waals surface area contributed by atoms with E-state index in [4.69, 9.17) is 0 Å². The Hall–Kier alpha value is -1.39. The van der Waals surface area contributed by atoms with E-state index in [1.54, 1.807) is 0 Å². The van der Waals surface area contributed by atoms with Gasteiger partial charge in [0.2, 0.25) is 5.91 Å². The first kappa shape index (κ1) is 16.0. The molecule has 0 spiro atoms. The summed E-state index contributed by atoms with van der Waals surface area (Å²) in [6, 6.07) is 10.3. The van der Waals surface area contributed by atoms with Crippen LogP contribution in [0.1, 0.15) is 18.9 Å². The van der Waals surface area contributed by atoms with Gasteiger partial charge in [0.15, 0.2) is 0 Å². The molecule has 4 nitrogen and oxygen atoms in total. The van der Waals surface area contributed by atoms with E-state index >= 15 is 0 Å². The van der Waals surface area contributed by atoms with Crippen LogP contribution in [0.15, 0.2) is 30.3 Å². The summed E-state index contributed by atoms with van der Waals surface area (Å²) in [5.41, 5.74) is 1.21. The van der Waals surface area contributed by atoms with Crippen LogP contribution in [0.3, 0.4) is 0 Å². The first-order chi connectivity index (χ1) is 10.2. The molecule has 1 aromatic rings. The Bertz CT molecular complexity index is 427. The quantitative estimate of drug-likeness (QED) is 0.797. The predicted molar refractivity (Wildman–Crippen MR) is 86.1 cm³/mol. The fraction of sp³-hybridized carbons (Fsp3) is 0.588. The number of carbonyl (C=O) groups is 1. The zero-order valence-corrected chi connectivity index (χ0v) is 13.3. The Kier molecular flexibility index (Phi) is 6.21. The van der Waals surface area contributed by atoms with E-state index in [2.05, 4.69) is 29.0 Å². The van der Waals surface area contributed by atoms with E-state index in [9.17, 15) is 4.79 Å². The van der Waals surface area contributed by atoms with E-state index < -0.39 is 0 Å². The second-order valence-corrected chi connectivity index (χ2v) is 5.80. The molecule has 1 aliphatic heterocycles. The van der Waals surface area contributed by atoms with Gasteiger partial charge < -0.3 is 9.80 Å². The highest BCUT2D eigenvalue weighted by Crippen LogP contribution is 2.07. The molecule has 4 heteroatoms. The van der Waals surface area contributed by atoms with Gasteiger partial charge in [0, 0.05) is 52.2 Å². The molecule has 116 valence electrons. The molecule has 0 atom stereocenters. The molecule has 0 unspecified atom stereocenters. The molecule has 1 heterocycles. The average molecular weight is 289 g/mol. The Labute approximate surface area is 128 Å². The number of likely N-dealkylation sites (N-methyl/N-ethyl adjacent to an activating group) is 1. The molecule has 1 aliphatic rings. The van der Waals surface area contributed by atoms with Crippen LogP contribution in [-0.2, 0) is 11.3 Å². The minimum absolute atomic E-state index is 0.244. The molecule has 0 saturated carbocycles. The highest BCUT2D eigenvalue weighted by molar-refractivity contribution is 5.75. The molecule has 1 saturated heterocycles. The largest absolute Gasteiger partial charge is 0.337 e. The summed E-state index contributed by atoms with van der Waals surface area (Å²) in [5, 5.41) is 0. The van der Waals surface area contributed by atoms with Gasteiger partial charge in [-0.3, -0.25) is 9.69 Å². The second kappa shape index (κ2) is 8.15. The molecular formula is C17H27N3O. The van der Waals surface area contributed by atoms with Gasteiger partial charge in [0.05, 0.1) is 0 Å². The summed E-state index contributed by atoms with van der Waals surface area (Å²) in [7, 11) is 2.17. The number of piperazine rings is 1. The molecule has 0 bridgehead atoms. The molecular weight excluding hydrogens is 262 g/mol. The number of benzene rings is 1. The van der Waals surface area contributed by atoms with Gasteiger partial charge >= 0.3 is 0 Å². The summed E-state index contributed by atoms with van der Waals surface area (Å²) < 4.78 is 0. The van der Waals surface area contributed by atoms with Crippen molar-refractivity contribution in [3.8, 4) is 0 Å². The molecule has 0 N–H and O–H groups in total. The van der Waals surface area contributed by atoms with Gasteiger partial charge in [-0.25, -0.2) is 0 Å². The van der Waals surface area contributed by atoms with Crippen molar-refractivity contribution >= 4 is 5.91 Å². The second-order valence-electron chi connectivity index (χ2n) is 5.80. The van der Waals surface area contributed by atoms with E-state index in [-0.39, 0.29) is 5.91 Å². The topological polar surface area (TPSA) is 26.8 Å². The van der Waals surface area contributed by atoms with Crippen LogP contribution in [0.2, 0.25) is 0 Å². The summed E-state index contributed by atoms with van der Waals surface area (Å²) >= 11 is 0. The summed E-state index contributed by atoms with van der Waals surface area (Å²) in [6.07, 6.45) is 0.579. The third-order valence-corrected chi connectivity index (χ3v) is 4.15. The van der Waals surface area contributed by atoms with Gasteiger partial charge in [-0.15, -0.1) is 0 Å². The first-order valence-corrected chi connectivity index (χ1v) is 7.91. The summed E-state index contributed by atoms with van der Waals surface area (Å²) in [4.78, 5) is 18.9. The predicted octanol–water partition coefficient (Wildman–Crippen LogP) is 1.67. The number of hydrogen-bond donors (Lipinski definition) is 0. The van der Waals surface area contributed by atoms with Crippen molar-refractivity contribution in [2.24, 2.45) is 0 Å². The zero-order valence-electron chi connectivity index (χ0n) is 13.3. The van der Waals surface area contributed by atoms with Gasteiger partial charge in [0.1, 0.15) is 0 Å². The molecule has 1 aromatic carbocycles. The standard InChI is InChI=1S/C17H27N3O/c1-3-17(21)20(15-16-7-5-4-6-8-16)14-13-19-11-9-18(2)10-12-19/h4-8H,3,9-15H2,1-2H3. The number of amides is 1. The molecule has 2 rings (SSSR count). The van der Waals surface area contributed by atoms with E-state index in [1.165, 1.54) is 5.56 Å². The molecule has 0 aliphatic carbocycles. The molecule has 0 radical (unpaired) electrons. The summed E-state index contributed by atoms with van der Waals surface area (Å²) in [6.45, 7) is 8.93. The number of hydrogen-bond acceptors (Lipinski definition) is 3. The maximum atomic E-state index is 12.1. The van der Waals surface area contributed by atoms with Crippen molar-refractivity contribution in [2.45, 2.75) is 19.9 Å². The highest BCUT2D eigenvalue weighted by Gasteiger charge is 2.17. The highest BCUT2D eigenvalue weighted by atomic mass is 16.2. The smallest absolute Gasteiger partial charge is 0.222 e. The fourth-order valence-corrected chi connectivity index (χ4v) is 2.65. The van der Waals surface area contributed by atoms with Crippen molar-refractivity contribution < 1.29 is 4.79 Å². The van der Waals surface area contributed by atoms with Crippen LogP contribution in [0, 0.1) is 0 Å². The van der Waals surface area contributed by atoms with Crippen LogP contribution in [0.5, 0.6) is 0 Å². The lowest BCUT2D eigenvalue weighted by Crippen LogP contribution is -2.47. The lowest BCUT2D eigenvalue weighted by Gasteiger charge is -2.34. The van der Waals surface area contributed by atoms with E-state index in [1.807, 2.05) is 30.0 Å². The Morgan fingerprint density at radius 3 is 2.43 bits per heavy atom. The average Bonchev–Trinajstić information content (AvgIpc) is 2.53. The molecule has 1 fully saturated rings. The molecule has 0 aromatic heterocycles. The Balaban J connectivity index is 1.86. The number of rotatable bonds is 6. The van der Waals surface area contributed by atoms with E-state index in [0.29, 0.717) is 6.42 Å². The van der Waals surface area contributed by atoms with Crippen molar-refractivity contribution in [1.82, 2.24) is 14.7 Å². The van der Waals surface area contributed by atoms with Crippen LogP contribution in [0.4, 0.5) is 0 Å². The third kappa shape index (κ3) is 5.14. The lowest BCUT2D eigenvalue weighted by atomic mass is 10.2. The van der Waals surface area contributed by atoms with Crippen LogP contribution in [-0.4, -0.2) is 66.9 Å². The van der Waals surface area contributed by atoms with Crippen molar-refractivity contribution in [3.05, 3.63) is 35.9 Å². The third-order valence-electron chi connectivity index (χ3n) is 4.15. The normalized spacial score (nSPS) is 16.9. The van der Waals surface area contributed by atoms with Gasteiger partial charge in [-0.05, 0) is 12.6 Å². The Morgan fingerprint density at radius 1 is 1.14 bits per heavy atom. The zero-order chi connectivity index (χ0) is 15.1. The number of carbonyl (C=O) groups excluding carboxylic acids is 1. The van der Waals surface area contributed by atoms with Crippen LogP contribution < -0.4 is 0 Å². The number of nitrogens with zero attached hydrogens (tertiary/aromatic N) is 3. The van der Waals surface area contributed by atoms with Gasteiger partial charge in [0.25, 0.3) is 0 Å². The van der Waals surface area contributed by atoms with Crippen molar-refractivity contribution in [2.75, 3.05) is 46.3 Å². The van der Waals surface area contributed by atoms with Gasteiger partial charge in [-0.1, -0.05) is 37.3 Å². The SMILES string of the molecule is CCC(=O)N(CCN1CCN(C)CC1)Cc1ccccc1.